The van der Waals surface area contributed by atoms with Crippen LogP contribution in [0.2, 0.25) is 0 Å². The van der Waals surface area contributed by atoms with Crippen LogP contribution in [0.1, 0.15) is 55.3 Å². The number of hydrogen-bond donors (Lipinski definition) is 1. The van der Waals surface area contributed by atoms with E-state index in [4.69, 9.17) is 4.74 Å². The normalized spacial score (nSPS) is 12.5. The molecular formula is C22H27NO. The van der Waals surface area contributed by atoms with Crippen LogP contribution in [0.4, 0.5) is 0 Å². The molecule has 1 heterocycles. The first-order valence-electron chi connectivity index (χ1n) is 8.95. The van der Waals surface area contributed by atoms with Crippen LogP contribution in [0.15, 0.2) is 48.5 Å². The Bertz CT molecular complexity index is 785. The number of aryl methyl sites for hydroxylation is 1. The molecule has 0 bridgehead atoms. The molecular weight excluding hydrogens is 294 g/mol. The van der Waals surface area contributed by atoms with Gasteiger partial charge in [0.05, 0.1) is 7.11 Å². The van der Waals surface area contributed by atoms with E-state index in [1.165, 1.54) is 53.4 Å². The van der Waals surface area contributed by atoms with Crippen LogP contribution in [0, 0.1) is 6.92 Å². The van der Waals surface area contributed by atoms with Crippen LogP contribution in [0.5, 0.6) is 5.75 Å². The molecule has 0 aliphatic heterocycles. The summed E-state index contributed by atoms with van der Waals surface area (Å²) in [5.74, 6) is 1.35. The van der Waals surface area contributed by atoms with Gasteiger partial charge in [0.15, 0.2) is 0 Å². The molecule has 0 saturated heterocycles. The molecule has 1 atom stereocenters. The molecule has 1 aromatic heterocycles. The molecule has 2 heteroatoms. The van der Waals surface area contributed by atoms with E-state index in [0.29, 0.717) is 5.92 Å². The maximum absolute atomic E-state index is 5.33. The summed E-state index contributed by atoms with van der Waals surface area (Å²) in [7, 11) is 1.72. The minimum absolute atomic E-state index is 0.429. The van der Waals surface area contributed by atoms with Crippen LogP contribution < -0.4 is 4.74 Å². The zero-order valence-electron chi connectivity index (χ0n) is 14.9. The van der Waals surface area contributed by atoms with E-state index in [-0.39, 0.29) is 0 Å². The van der Waals surface area contributed by atoms with Gasteiger partial charge in [-0.2, -0.15) is 0 Å². The van der Waals surface area contributed by atoms with Crippen molar-refractivity contribution < 1.29 is 4.74 Å². The van der Waals surface area contributed by atoms with Crippen LogP contribution in [-0.4, -0.2) is 12.1 Å². The highest BCUT2D eigenvalue weighted by molar-refractivity contribution is 5.85. The van der Waals surface area contributed by atoms with Crippen molar-refractivity contribution in [3.05, 3.63) is 65.4 Å². The summed E-state index contributed by atoms with van der Waals surface area (Å²) in [4.78, 5) is 3.57. The van der Waals surface area contributed by atoms with Gasteiger partial charge in [0.1, 0.15) is 5.75 Å². The predicted octanol–water partition coefficient (Wildman–Crippen LogP) is 6.20. The van der Waals surface area contributed by atoms with Crippen molar-refractivity contribution in [2.24, 2.45) is 0 Å². The van der Waals surface area contributed by atoms with Gasteiger partial charge in [-0.05, 0) is 42.7 Å². The number of aromatic nitrogens is 1. The SMILES string of the molecule is CCCCCC(c1ccc(OC)cc1)c1c(C)[nH]c2ccccc12. The Kier molecular flexibility index (Phi) is 5.24. The molecule has 2 aromatic carbocycles. The van der Waals surface area contributed by atoms with Crippen molar-refractivity contribution in [2.45, 2.75) is 45.4 Å². The summed E-state index contributed by atoms with van der Waals surface area (Å²) < 4.78 is 5.33. The fourth-order valence-electron chi connectivity index (χ4n) is 3.66. The maximum Gasteiger partial charge on any atom is 0.118 e. The van der Waals surface area contributed by atoms with Gasteiger partial charge >= 0.3 is 0 Å². The Labute approximate surface area is 144 Å². The predicted molar refractivity (Wildman–Crippen MR) is 102 cm³/mol. The second kappa shape index (κ2) is 7.57. The smallest absolute Gasteiger partial charge is 0.118 e. The van der Waals surface area contributed by atoms with E-state index >= 15 is 0 Å². The summed E-state index contributed by atoms with van der Waals surface area (Å²) in [6, 6.07) is 17.2. The third-order valence-corrected chi connectivity index (χ3v) is 4.91. The molecule has 3 rings (SSSR count). The third kappa shape index (κ3) is 3.33. The Morgan fingerprint density at radius 2 is 1.75 bits per heavy atom. The Morgan fingerprint density at radius 3 is 2.46 bits per heavy atom. The molecule has 0 aliphatic rings. The zero-order chi connectivity index (χ0) is 16.9. The number of ether oxygens (including phenoxy) is 1. The van der Waals surface area contributed by atoms with Crippen LogP contribution in [-0.2, 0) is 0 Å². The lowest BCUT2D eigenvalue weighted by Crippen LogP contribution is -2.03. The lowest BCUT2D eigenvalue weighted by atomic mass is 9.85. The van der Waals surface area contributed by atoms with E-state index in [9.17, 15) is 0 Å². The number of H-pyrrole nitrogens is 1. The van der Waals surface area contributed by atoms with Crippen molar-refractivity contribution in [3.8, 4) is 5.75 Å². The summed E-state index contributed by atoms with van der Waals surface area (Å²) in [6.45, 7) is 4.46. The van der Waals surface area contributed by atoms with E-state index < -0.39 is 0 Å². The quantitative estimate of drug-likeness (QED) is 0.515. The van der Waals surface area contributed by atoms with E-state index in [2.05, 4.69) is 67.4 Å². The number of nitrogens with one attached hydrogen (secondary N) is 1. The van der Waals surface area contributed by atoms with Gasteiger partial charge in [0.2, 0.25) is 0 Å². The number of para-hydroxylation sites is 1. The Balaban J connectivity index is 2.03. The van der Waals surface area contributed by atoms with E-state index in [1.807, 2.05) is 0 Å². The molecule has 0 radical (unpaired) electrons. The lowest BCUT2D eigenvalue weighted by molar-refractivity contribution is 0.414. The fraction of sp³-hybridized carbons (Fsp3) is 0.364. The number of unbranched alkanes of at least 4 members (excludes halogenated alkanes) is 2. The largest absolute Gasteiger partial charge is 0.497 e. The standard InChI is InChI=1S/C22H27NO/c1-4-5-6-9-19(17-12-14-18(24-3)15-13-17)22-16(2)23-21-11-8-7-10-20(21)22/h7-8,10-15,19,23H,4-6,9H2,1-3H3. The van der Waals surface area contributed by atoms with Gasteiger partial charge in [-0.1, -0.05) is 56.5 Å². The van der Waals surface area contributed by atoms with Crippen molar-refractivity contribution in [3.63, 3.8) is 0 Å². The molecule has 0 fully saturated rings. The van der Waals surface area contributed by atoms with Crippen LogP contribution in [0.3, 0.4) is 0 Å². The highest BCUT2D eigenvalue weighted by Crippen LogP contribution is 2.37. The van der Waals surface area contributed by atoms with E-state index in [0.717, 1.165) is 5.75 Å². The number of hydrogen-bond acceptors (Lipinski definition) is 1. The van der Waals surface area contributed by atoms with Crippen molar-refractivity contribution in [1.29, 1.82) is 0 Å². The van der Waals surface area contributed by atoms with Gasteiger partial charge in [0.25, 0.3) is 0 Å². The van der Waals surface area contributed by atoms with Gasteiger partial charge in [-0.15, -0.1) is 0 Å². The number of methoxy groups -OCH3 is 1. The van der Waals surface area contributed by atoms with Gasteiger partial charge in [0, 0.05) is 22.5 Å². The minimum atomic E-state index is 0.429. The first-order chi connectivity index (χ1) is 11.7. The molecule has 2 nitrogen and oxygen atoms in total. The van der Waals surface area contributed by atoms with Gasteiger partial charge < -0.3 is 9.72 Å². The van der Waals surface area contributed by atoms with Crippen molar-refractivity contribution in [2.75, 3.05) is 7.11 Å². The summed E-state index contributed by atoms with van der Waals surface area (Å²) in [5, 5.41) is 1.35. The van der Waals surface area contributed by atoms with Crippen LogP contribution in [0.25, 0.3) is 10.9 Å². The fourth-order valence-corrected chi connectivity index (χ4v) is 3.66. The Hall–Kier alpha value is -2.22. The molecule has 0 amide bonds. The molecule has 24 heavy (non-hydrogen) atoms. The first-order valence-corrected chi connectivity index (χ1v) is 8.95. The summed E-state index contributed by atoms with van der Waals surface area (Å²) in [6.07, 6.45) is 4.98. The highest BCUT2D eigenvalue weighted by Gasteiger charge is 2.20. The molecule has 0 aliphatic carbocycles. The average Bonchev–Trinajstić information content (AvgIpc) is 2.95. The van der Waals surface area contributed by atoms with E-state index in [1.54, 1.807) is 7.11 Å². The molecule has 1 N–H and O–H groups in total. The first kappa shape index (κ1) is 16.6. The lowest BCUT2D eigenvalue weighted by Gasteiger charge is -2.19. The minimum Gasteiger partial charge on any atom is -0.497 e. The number of benzene rings is 2. The molecule has 1 unspecified atom stereocenters. The second-order valence-electron chi connectivity index (χ2n) is 6.53. The summed E-state index contributed by atoms with van der Waals surface area (Å²) >= 11 is 0. The van der Waals surface area contributed by atoms with Crippen molar-refractivity contribution in [1.82, 2.24) is 4.98 Å². The monoisotopic (exact) mass is 321 g/mol. The van der Waals surface area contributed by atoms with Crippen molar-refractivity contribution >= 4 is 10.9 Å². The Morgan fingerprint density at radius 1 is 1.00 bits per heavy atom. The van der Waals surface area contributed by atoms with Crippen LogP contribution >= 0.6 is 0 Å². The highest BCUT2D eigenvalue weighted by atomic mass is 16.5. The summed E-state index contributed by atoms with van der Waals surface area (Å²) in [5.41, 5.74) is 5.35. The van der Waals surface area contributed by atoms with Gasteiger partial charge in [-0.3, -0.25) is 0 Å². The molecule has 0 saturated carbocycles. The topological polar surface area (TPSA) is 25.0 Å². The average molecular weight is 321 g/mol. The second-order valence-corrected chi connectivity index (χ2v) is 6.53. The van der Waals surface area contributed by atoms with Gasteiger partial charge in [-0.25, -0.2) is 0 Å². The molecule has 126 valence electrons. The molecule has 0 spiro atoms. The zero-order valence-corrected chi connectivity index (χ0v) is 14.9. The number of fused-ring (bicyclic) bond motifs is 1. The maximum atomic E-state index is 5.33. The number of aromatic amines is 1. The number of rotatable bonds is 7. The molecule has 3 aromatic rings. The third-order valence-electron chi connectivity index (χ3n) is 4.91.